The van der Waals surface area contributed by atoms with Crippen LogP contribution in [0.5, 0.6) is 11.5 Å². The molecule has 5 nitrogen and oxygen atoms in total. The fraction of sp³-hybridized carbons (Fsp3) is 0.357. The number of rotatable bonds is 4. The lowest BCUT2D eigenvalue weighted by molar-refractivity contribution is 0.387. The lowest BCUT2D eigenvalue weighted by Crippen LogP contribution is -1.98. The van der Waals surface area contributed by atoms with Gasteiger partial charge in [0.2, 0.25) is 0 Å². The van der Waals surface area contributed by atoms with Gasteiger partial charge in [0.15, 0.2) is 11.6 Å². The van der Waals surface area contributed by atoms with E-state index in [1.807, 2.05) is 32.0 Å². The summed E-state index contributed by atoms with van der Waals surface area (Å²) in [4.78, 5) is 0. The normalized spacial score (nSPS) is 10.8. The molecule has 0 atom stereocenters. The number of hydrogen-bond donors (Lipinski definition) is 1. The molecule has 2 rings (SSSR count). The maximum Gasteiger partial charge on any atom is 0.180 e. The van der Waals surface area contributed by atoms with Crippen molar-refractivity contribution in [2.75, 3.05) is 20.0 Å². The summed E-state index contributed by atoms with van der Waals surface area (Å²) in [7, 11) is 3.21. The van der Waals surface area contributed by atoms with Gasteiger partial charge in [-0.3, -0.25) is 0 Å². The zero-order valence-corrected chi connectivity index (χ0v) is 11.6. The highest BCUT2D eigenvalue weighted by Gasteiger charge is 2.24. The predicted octanol–water partition coefficient (Wildman–Crippen LogP) is 3.06. The highest BCUT2D eigenvalue weighted by atomic mass is 16.5. The monoisotopic (exact) mass is 262 g/mol. The average Bonchev–Trinajstić information content (AvgIpc) is 2.79. The van der Waals surface area contributed by atoms with Crippen LogP contribution in [0, 0.1) is 0 Å². The van der Waals surface area contributed by atoms with Crippen molar-refractivity contribution in [3.8, 4) is 22.8 Å². The van der Waals surface area contributed by atoms with Crippen molar-refractivity contribution in [3.63, 3.8) is 0 Å². The average molecular weight is 262 g/mol. The summed E-state index contributed by atoms with van der Waals surface area (Å²) in [5.74, 6) is 2.52. The summed E-state index contributed by atoms with van der Waals surface area (Å²) in [5, 5.41) is 3.86. The van der Waals surface area contributed by atoms with Crippen LogP contribution >= 0.6 is 0 Å². The molecule has 0 saturated heterocycles. The number of methoxy groups -OCH3 is 2. The van der Waals surface area contributed by atoms with E-state index in [9.17, 15) is 0 Å². The van der Waals surface area contributed by atoms with Gasteiger partial charge in [0.05, 0.1) is 14.2 Å². The van der Waals surface area contributed by atoms with E-state index in [1.54, 1.807) is 14.2 Å². The fourth-order valence-electron chi connectivity index (χ4n) is 2.12. The van der Waals surface area contributed by atoms with Gasteiger partial charge in [0.1, 0.15) is 17.1 Å². The van der Waals surface area contributed by atoms with E-state index in [1.165, 1.54) is 0 Å². The van der Waals surface area contributed by atoms with Crippen LogP contribution in [-0.2, 0) is 0 Å². The molecule has 0 aliphatic rings. The van der Waals surface area contributed by atoms with Crippen molar-refractivity contribution < 1.29 is 14.0 Å². The smallest absolute Gasteiger partial charge is 0.180 e. The first-order valence-corrected chi connectivity index (χ1v) is 6.06. The molecule has 1 aromatic heterocycles. The van der Waals surface area contributed by atoms with E-state index in [0.29, 0.717) is 23.1 Å². The molecule has 0 spiro atoms. The Balaban J connectivity index is 2.71. The Morgan fingerprint density at radius 3 is 2.21 bits per heavy atom. The van der Waals surface area contributed by atoms with Gasteiger partial charge in [-0.15, -0.1) is 0 Å². The number of nitrogens with two attached hydrogens (primary N) is 1. The summed E-state index contributed by atoms with van der Waals surface area (Å²) in [6.07, 6.45) is 0. The molecular weight excluding hydrogens is 244 g/mol. The second-order valence-electron chi connectivity index (χ2n) is 4.50. The second kappa shape index (κ2) is 5.22. The van der Waals surface area contributed by atoms with Gasteiger partial charge in [-0.2, -0.15) is 0 Å². The topological polar surface area (TPSA) is 70.5 Å². The van der Waals surface area contributed by atoms with Crippen LogP contribution in [0.2, 0.25) is 0 Å². The third-order valence-corrected chi connectivity index (χ3v) is 2.99. The summed E-state index contributed by atoms with van der Waals surface area (Å²) < 4.78 is 16.1. The molecule has 1 aromatic carbocycles. The minimum absolute atomic E-state index is 0.191. The molecule has 0 radical (unpaired) electrons. The van der Waals surface area contributed by atoms with Crippen molar-refractivity contribution in [2.45, 2.75) is 19.8 Å². The van der Waals surface area contributed by atoms with E-state index in [4.69, 9.17) is 19.7 Å². The number of anilines is 1. The summed E-state index contributed by atoms with van der Waals surface area (Å²) >= 11 is 0. The van der Waals surface area contributed by atoms with Crippen molar-refractivity contribution >= 4 is 5.82 Å². The minimum Gasteiger partial charge on any atom is -0.496 e. The number of nitrogens with zero attached hydrogens (tertiary/aromatic N) is 1. The van der Waals surface area contributed by atoms with E-state index >= 15 is 0 Å². The number of hydrogen-bond acceptors (Lipinski definition) is 5. The van der Waals surface area contributed by atoms with Crippen LogP contribution in [0.3, 0.4) is 0 Å². The molecule has 2 N–H and O–H groups in total. The summed E-state index contributed by atoms with van der Waals surface area (Å²) in [6.45, 7) is 4.07. The van der Waals surface area contributed by atoms with Gasteiger partial charge in [-0.1, -0.05) is 25.1 Å². The Morgan fingerprint density at radius 1 is 1.16 bits per heavy atom. The molecule has 1 heterocycles. The quantitative estimate of drug-likeness (QED) is 0.916. The maximum absolute atomic E-state index is 5.88. The van der Waals surface area contributed by atoms with Gasteiger partial charge in [0.25, 0.3) is 0 Å². The number of benzene rings is 1. The van der Waals surface area contributed by atoms with Gasteiger partial charge in [-0.25, -0.2) is 0 Å². The van der Waals surface area contributed by atoms with Crippen molar-refractivity contribution in [2.24, 2.45) is 0 Å². The number of nitrogen functional groups attached to an aromatic ring is 1. The van der Waals surface area contributed by atoms with E-state index < -0.39 is 0 Å². The van der Waals surface area contributed by atoms with Crippen molar-refractivity contribution in [1.29, 1.82) is 0 Å². The molecule has 19 heavy (non-hydrogen) atoms. The lowest BCUT2D eigenvalue weighted by Gasteiger charge is -2.13. The zero-order valence-electron chi connectivity index (χ0n) is 11.6. The van der Waals surface area contributed by atoms with E-state index in [2.05, 4.69) is 5.16 Å². The zero-order chi connectivity index (χ0) is 14.0. The molecular formula is C14H18N2O3. The predicted molar refractivity (Wildman–Crippen MR) is 73.5 cm³/mol. The molecule has 0 aliphatic carbocycles. The standard InChI is InChI=1S/C14H18N2O3/c1-8(2)11-13(19-16-14(11)15)12-9(17-3)6-5-7-10(12)18-4/h5-8H,1-4H3,(H2,15,16). The molecule has 0 amide bonds. The van der Waals surface area contributed by atoms with E-state index in [0.717, 1.165) is 11.1 Å². The molecule has 0 aliphatic heterocycles. The molecule has 0 saturated carbocycles. The van der Waals surface area contributed by atoms with Crippen LogP contribution in [0.1, 0.15) is 25.3 Å². The Bertz CT molecular complexity index is 554. The fourth-order valence-corrected chi connectivity index (χ4v) is 2.12. The van der Waals surface area contributed by atoms with Crippen molar-refractivity contribution in [1.82, 2.24) is 5.16 Å². The summed E-state index contributed by atoms with van der Waals surface area (Å²) in [6, 6.07) is 5.55. The van der Waals surface area contributed by atoms with Gasteiger partial charge in [0, 0.05) is 5.56 Å². The second-order valence-corrected chi connectivity index (χ2v) is 4.50. The van der Waals surface area contributed by atoms with Gasteiger partial charge < -0.3 is 19.7 Å². The molecule has 0 fully saturated rings. The highest BCUT2D eigenvalue weighted by Crippen LogP contribution is 2.43. The minimum atomic E-state index is 0.191. The maximum atomic E-state index is 5.88. The van der Waals surface area contributed by atoms with Crippen LogP contribution in [0.25, 0.3) is 11.3 Å². The van der Waals surface area contributed by atoms with Crippen molar-refractivity contribution in [3.05, 3.63) is 23.8 Å². The highest BCUT2D eigenvalue weighted by molar-refractivity contribution is 5.77. The largest absolute Gasteiger partial charge is 0.496 e. The van der Waals surface area contributed by atoms with Gasteiger partial charge >= 0.3 is 0 Å². The molecule has 0 bridgehead atoms. The Morgan fingerprint density at radius 2 is 1.74 bits per heavy atom. The Labute approximate surface area is 112 Å². The van der Waals surface area contributed by atoms with E-state index in [-0.39, 0.29) is 5.92 Å². The molecule has 5 heteroatoms. The number of aromatic nitrogens is 1. The summed E-state index contributed by atoms with van der Waals surface area (Å²) in [5.41, 5.74) is 7.48. The Hall–Kier alpha value is -2.17. The first-order valence-electron chi connectivity index (χ1n) is 6.06. The first-order chi connectivity index (χ1) is 9.10. The lowest BCUT2D eigenvalue weighted by atomic mass is 9.98. The third-order valence-electron chi connectivity index (χ3n) is 2.99. The third kappa shape index (κ3) is 2.23. The Kier molecular flexibility index (Phi) is 3.64. The van der Waals surface area contributed by atoms with Crippen LogP contribution < -0.4 is 15.2 Å². The molecule has 2 aromatic rings. The molecule has 0 unspecified atom stereocenters. The van der Waals surface area contributed by atoms with Crippen LogP contribution in [0.15, 0.2) is 22.7 Å². The van der Waals surface area contributed by atoms with Crippen LogP contribution in [0.4, 0.5) is 5.82 Å². The SMILES string of the molecule is COc1cccc(OC)c1-c1onc(N)c1C(C)C. The first kappa shape index (κ1) is 13.3. The van der Waals surface area contributed by atoms with Crippen LogP contribution in [-0.4, -0.2) is 19.4 Å². The number of ether oxygens (including phenoxy) is 2. The van der Waals surface area contributed by atoms with Gasteiger partial charge in [-0.05, 0) is 18.1 Å². The molecule has 102 valence electrons.